The van der Waals surface area contributed by atoms with Gasteiger partial charge in [0.15, 0.2) is 5.75 Å². The Labute approximate surface area is 231 Å². The van der Waals surface area contributed by atoms with E-state index in [2.05, 4.69) is 10.6 Å². The highest BCUT2D eigenvalue weighted by Crippen LogP contribution is 2.33. The van der Waals surface area contributed by atoms with Gasteiger partial charge in [-0.1, -0.05) is 61.5 Å². The van der Waals surface area contributed by atoms with Crippen LogP contribution in [0.15, 0.2) is 88.5 Å². The molecular formula is C31H30N4O5. The summed E-state index contributed by atoms with van der Waals surface area (Å²) in [5, 5.41) is 17.0. The Morgan fingerprint density at radius 3 is 1.98 bits per heavy atom. The Bertz CT molecular complexity index is 1590. The van der Waals surface area contributed by atoms with Crippen LogP contribution >= 0.6 is 0 Å². The van der Waals surface area contributed by atoms with E-state index in [4.69, 9.17) is 0 Å². The fourth-order valence-electron chi connectivity index (χ4n) is 4.93. The molecule has 1 atom stereocenters. The summed E-state index contributed by atoms with van der Waals surface area (Å²) < 4.78 is 0. The molecule has 40 heavy (non-hydrogen) atoms. The van der Waals surface area contributed by atoms with E-state index in [0.717, 1.165) is 5.56 Å². The second kappa shape index (κ2) is 11.4. The van der Waals surface area contributed by atoms with Crippen LogP contribution in [0.5, 0.6) is 5.75 Å². The average molecular weight is 539 g/mol. The molecule has 5 rings (SSSR count). The molecule has 9 heteroatoms. The van der Waals surface area contributed by atoms with Gasteiger partial charge in [-0.2, -0.15) is 0 Å². The topological polar surface area (TPSA) is 119 Å². The minimum Gasteiger partial charge on any atom is -0.505 e. The van der Waals surface area contributed by atoms with E-state index >= 15 is 0 Å². The molecule has 1 saturated heterocycles. The second-order valence-electron chi connectivity index (χ2n) is 9.70. The van der Waals surface area contributed by atoms with Crippen molar-refractivity contribution in [2.45, 2.75) is 19.4 Å². The van der Waals surface area contributed by atoms with Gasteiger partial charge in [0.1, 0.15) is 11.4 Å². The smallest absolute Gasteiger partial charge is 0.257 e. The van der Waals surface area contributed by atoms with E-state index in [0.29, 0.717) is 38.2 Å². The number of carbonyl (C=O) groups is 2. The van der Waals surface area contributed by atoms with E-state index in [9.17, 15) is 24.3 Å². The molecule has 4 aromatic rings. The predicted octanol–water partition coefficient (Wildman–Crippen LogP) is 3.89. The molecule has 4 aromatic carbocycles. The molecule has 1 aliphatic heterocycles. The van der Waals surface area contributed by atoms with Gasteiger partial charge in [-0.15, -0.1) is 0 Å². The van der Waals surface area contributed by atoms with Crippen molar-refractivity contribution in [2.75, 3.05) is 36.8 Å². The molecule has 0 bridgehead atoms. The number of carbonyl (C=O) groups excluding carboxylic acids is 2. The summed E-state index contributed by atoms with van der Waals surface area (Å²) in [6, 6.07) is 23.1. The molecule has 2 amide bonds. The van der Waals surface area contributed by atoms with Gasteiger partial charge in [0.25, 0.3) is 22.7 Å². The van der Waals surface area contributed by atoms with Gasteiger partial charge in [-0.05, 0) is 36.2 Å². The summed E-state index contributed by atoms with van der Waals surface area (Å²) in [6.45, 7) is 3.35. The zero-order valence-corrected chi connectivity index (χ0v) is 22.1. The zero-order valence-electron chi connectivity index (χ0n) is 22.1. The van der Waals surface area contributed by atoms with E-state index < -0.39 is 10.9 Å². The molecule has 9 nitrogen and oxygen atoms in total. The number of phenols is 1. The second-order valence-corrected chi connectivity index (χ2v) is 9.70. The molecule has 0 aromatic heterocycles. The van der Waals surface area contributed by atoms with Crippen molar-refractivity contribution < 1.29 is 14.7 Å². The van der Waals surface area contributed by atoms with Crippen LogP contribution in [0.25, 0.3) is 0 Å². The summed E-state index contributed by atoms with van der Waals surface area (Å²) in [5.74, 6) is -0.785. The maximum atomic E-state index is 13.3. The van der Waals surface area contributed by atoms with Crippen molar-refractivity contribution in [3.05, 3.63) is 116 Å². The van der Waals surface area contributed by atoms with Gasteiger partial charge in [0.05, 0.1) is 17.3 Å². The number of piperazine rings is 1. The number of nitrogens with zero attached hydrogens (tertiary/aromatic N) is 2. The fourth-order valence-corrected chi connectivity index (χ4v) is 4.93. The van der Waals surface area contributed by atoms with Crippen LogP contribution in [-0.4, -0.2) is 52.9 Å². The number of phenolic OH excluding ortho intramolecular Hbond substituents is 1. The third kappa shape index (κ3) is 5.18. The lowest BCUT2D eigenvalue weighted by Crippen LogP contribution is -2.50. The maximum Gasteiger partial charge on any atom is 0.257 e. The van der Waals surface area contributed by atoms with Crippen molar-refractivity contribution in [3.8, 4) is 5.75 Å². The van der Waals surface area contributed by atoms with Crippen LogP contribution < -0.4 is 21.5 Å². The number of benzene rings is 3. The van der Waals surface area contributed by atoms with Gasteiger partial charge >= 0.3 is 0 Å². The van der Waals surface area contributed by atoms with Gasteiger partial charge < -0.3 is 25.5 Å². The Kier molecular flexibility index (Phi) is 7.63. The summed E-state index contributed by atoms with van der Waals surface area (Å²) in [4.78, 5) is 54.2. The van der Waals surface area contributed by atoms with E-state index in [1.165, 1.54) is 12.1 Å². The third-order valence-electron chi connectivity index (χ3n) is 7.24. The predicted molar refractivity (Wildman–Crippen MR) is 154 cm³/mol. The van der Waals surface area contributed by atoms with Crippen molar-refractivity contribution >= 4 is 28.9 Å². The lowest BCUT2D eigenvalue weighted by molar-refractivity contribution is 0.0534. The number of para-hydroxylation sites is 1. The molecule has 1 heterocycles. The maximum absolute atomic E-state index is 13.3. The minimum absolute atomic E-state index is 0.0484. The van der Waals surface area contributed by atoms with Gasteiger partial charge in [-0.3, -0.25) is 19.2 Å². The van der Waals surface area contributed by atoms with Crippen molar-refractivity contribution in [1.29, 1.82) is 0 Å². The van der Waals surface area contributed by atoms with Crippen molar-refractivity contribution in [1.82, 2.24) is 9.80 Å². The molecule has 204 valence electrons. The Balaban J connectivity index is 1.29. The van der Waals surface area contributed by atoms with Gasteiger partial charge in [-0.25, -0.2) is 0 Å². The lowest BCUT2D eigenvalue weighted by Gasteiger charge is -2.35. The standard InChI is InChI=1S/C31H30N4O5/c1-2-23(20-10-5-3-6-11-20)32-25-26(29(38)28(25)37)33-24-15-9-14-22(27(24)36)31(40)35-18-16-34(17-19-35)30(39)21-12-7-4-8-13-21/h3-15,23,32-33,36H,2,16-19H2,1H3/t23-/m1/s1. The van der Waals surface area contributed by atoms with Crippen LogP contribution in [-0.2, 0) is 0 Å². The first-order valence-electron chi connectivity index (χ1n) is 13.3. The zero-order chi connectivity index (χ0) is 28.2. The fraction of sp³-hybridized carbons (Fsp3) is 0.226. The molecule has 0 unspecified atom stereocenters. The normalized spacial score (nSPS) is 14.1. The summed E-state index contributed by atoms with van der Waals surface area (Å²) in [5.41, 5.74) is 0.656. The molecule has 3 N–H and O–H groups in total. The SMILES string of the molecule is CC[C@@H](Nc1c(Nc2cccc(C(=O)N3CCN(C(=O)c4ccccc4)CC3)c2O)c(=O)c1=O)c1ccccc1. The first-order chi connectivity index (χ1) is 19.4. The number of hydrogen-bond acceptors (Lipinski definition) is 7. The molecule has 0 saturated carbocycles. The highest BCUT2D eigenvalue weighted by Gasteiger charge is 2.29. The first kappa shape index (κ1) is 26.7. The number of nitrogens with one attached hydrogen (secondary N) is 2. The summed E-state index contributed by atoms with van der Waals surface area (Å²) in [6.07, 6.45) is 0.682. The Morgan fingerprint density at radius 2 is 1.35 bits per heavy atom. The number of anilines is 3. The van der Waals surface area contributed by atoms with Crippen molar-refractivity contribution in [3.63, 3.8) is 0 Å². The van der Waals surface area contributed by atoms with E-state index in [1.807, 2.05) is 55.5 Å². The van der Waals surface area contributed by atoms with Crippen LogP contribution in [0.3, 0.4) is 0 Å². The number of amides is 2. The molecule has 1 aliphatic rings. The molecule has 1 fully saturated rings. The molecule has 0 aliphatic carbocycles. The van der Waals surface area contributed by atoms with E-state index in [1.54, 1.807) is 28.0 Å². The van der Waals surface area contributed by atoms with Crippen LogP contribution in [0.4, 0.5) is 17.1 Å². The van der Waals surface area contributed by atoms with Crippen molar-refractivity contribution in [2.24, 2.45) is 0 Å². The third-order valence-corrected chi connectivity index (χ3v) is 7.24. The summed E-state index contributed by atoms with van der Waals surface area (Å²) >= 11 is 0. The van der Waals surface area contributed by atoms with Gasteiger partial charge in [0, 0.05) is 31.7 Å². The monoisotopic (exact) mass is 538 g/mol. The molecular weight excluding hydrogens is 508 g/mol. The van der Waals surface area contributed by atoms with E-state index in [-0.39, 0.29) is 46.2 Å². The highest BCUT2D eigenvalue weighted by molar-refractivity contribution is 6.00. The number of hydrogen-bond donors (Lipinski definition) is 3. The number of aromatic hydroxyl groups is 1. The van der Waals surface area contributed by atoms with Crippen LogP contribution in [0.2, 0.25) is 0 Å². The quantitative estimate of drug-likeness (QED) is 0.230. The Hall–Kier alpha value is -4.92. The average Bonchev–Trinajstić information content (AvgIpc) is 3.01. The lowest BCUT2D eigenvalue weighted by atomic mass is 10.0. The molecule has 0 spiro atoms. The largest absolute Gasteiger partial charge is 0.505 e. The van der Waals surface area contributed by atoms with Crippen LogP contribution in [0, 0.1) is 0 Å². The number of rotatable bonds is 8. The Morgan fingerprint density at radius 1 is 0.775 bits per heavy atom. The van der Waals surface area contributed by atoms with Gasteiger partial charge in [0.2, 0.25) is 0 Å². The molecule has 0 radical (unpaired) electrons. The first-order valence-corrected chi connectivity index (χ1v) is 13.3. The highest BCUT2D eigenvalue weighted by atomic mass is 16.3. The minimum atomic E-state index is -0.694. The summed E-state index contributed by atoms with van der Waals surface area (Å²) in [7, 11) is 0. The van der Waals surface area contributed by atoms with Crippen LogP contribution in [0.1, 0.15) is 45.7 Å².